The van der Waals surface area contributed by atoms with Crippen LogP contribution in [0.4, 0.5) is 0 Å². The number of hydrogen-bond acceptors (Lipinski definition) is 3. The molecule has 0 N–H and O–H groups in total. The van der Waals surface area contributed by atoms with Gasteiger partial charge in [0.2, 0.25) is 0 Å². The maximum Gasteiger partial charge on any atom is 0.178 e. The van der Waals surface area contributed by atoms with Gasteiger partial charge in [0.05, 0.1) is 22.3 Å². The van der Waals surface area contributed by atoms with E-state index in [1.165, 1.54) is 0 Å². The van der Waals surface area contributed by atoms with Gasteiger partial charge in [-0.25, -0.2) is 0 Å². The van der Waals surface area contributed by atoms with Crippen LogP contribution < -0.4 is 0 Å². The summed E-state index contributed by atoms with van der Waals surface area (Å²) in [5.74, 6) is 0.190. The molecule has 0 amide bonds. The Bertz CT molecular complexity index is 1150. The summed E-state index contributed by atoms with van der Waals surface area (Å²) in [5, 5.41) is 8.22. The van der Waals surface area contributed by atoms with Gasteiger partial charge in [0.25, 0.3) is 0 Å². The summed E-state index contributed by atoms with van der Waals surface area (Å²) in [6.07, 6.45) is 1.54. The first-order valence-corrected chi connectivity index (χ1v) is 9.05. The highest BCUT2D eigenvalue weighted by atomic mass is 35.5. The molecule has 6 heteroatoms. The van der Waals surface area contributed by atoms with Gasteiger partial charge < -0.3 is 4.52 Å². The van der Waals surface area contributed by atoms with E-state index in [9.17, 15) is 0 Å². The first-order chi connectivity index (χ1) is 12.1. The SMILES string of the molecule is Clc1ccc(C2Cc3noc4c3c(nc3cc(Cl)ccc34)C2)c(Cl)c1. The van der Waals surface area contributed by atoms with Gasteiger partial charge in [-0.1, -0.05) is 46.0 Å². The Morgan fingerprint density at radius 1 is 0.920 bits per heavy atom. The summed E-state index contributed by atoms with van der Waals surface area (Å²) in [7, 11) is 0. The molecule has 1 aliphatic rings. The van der Waals surface area contributed by atoms with Gasteiger partial charge in [-0.3, -0.25) is 4.98 Å². The van der Waals surface area contributed by atoms with Crippen LogP contribution in [0, 0.1) is 0 Å². The van der Waals surface area contributed by atoms with Gasteiger partial charge in [0, 0.05) is 26.9 Å². The van der Waals surface area contributed by atoms with Crippen molar-refractivity contribution in [2.75, 3.05) is 0 Å². The average Bonchev–Trinajstić information content (AvgIpc) is 2.99. The van der Waals surface area contributed by atoms with E-state index in [2.05, 4.69) is 5.16 Å². The van der Waals surface area contributed by atoms with E-state index in [1.54, 1.807) is 6.07 Å². The minimum atomic E-state index is 0.190. The van der Waals surface area contributed by atoms with Crippen molar-refractivity contribution in [1.29, 1.82) is 0 Å². The van der Waals surface area contributed by atoms with E-state index < -0.39 is 0 Å². The fourth-order valence-electron chi connectivity index (χ4n) is 3.67. The molecule has 1 aliphatic carbocycles. The fourth-order valence-corrected chi connectivity index (χ4v) is 4.40. The second-order valence-corrected chi connectivity index (χ2v) is 7.60. The lowest BCUT2D eigenvalue weighted by Crippen LogP contribution is -2.14. The molecule has 1 unspecified atom stereocenters. The molecule has 2 aromatic carbocycles. The first-order valence-electron chi connectivity index (χ1n) is 7.91. The van der Waals surface area contributed by atoms with E-state index in [4.69, 9.17) is 44.3 Å². The van der Waals surface area contributed by atoms with Gasteiger partial charge in [-0.05, 0) is 48.2 Å². The standard InChI is InChI=1S/C19H11Cl3N2O/c20-10-1-3-12(14(22)7-10)9-5-16-18-17(6-9)24-25-19(18)13-4-2-11(21)8-15(13)23-16/h1-4,7-9H,5-6H2. The van der Waals surface area contributed by atoms with Crippen LogP contribution in [0.15, 0.2) is 40.9 Å². The Morgan fingerprint density at radius 2 is 1.68 bits per heavy atom. The van der Waals surface area contributed by atoms with Gasteiger partial charge in [-0.15, -0.1) is 0 Å². The molecule has 5 rings (SSSR count). The van der Waals surface area contributed by atoms with Crippen LogP contribution in [0.25, 0.3) is 21.9 Å². The molecule has 2 heterocycles. The average molecular weight is 390 g/mol. The normalized spacial score (nSPS) is 16.7. The number of aromatic nitrogens is 2. The smallest absolute Gasteiger partial charge is 0.178 e. The van der Waals surface area contributed by atoms with E-state index in [1.807, 2.05) is 30.3 Å². The zero-order valence-electron chi connectivity index (χ0n) is 12.9. The van der Waals surface area contributed by atoms with Crippen molar-refractivity contribution in [2.24, 2.45) is 0 Å². The fraction of sp³-hybridized carbons (Fsp3) is 0.158. The van der Waals surface area contributed by atoms with Crippen molar-refractivity contribution in [3.8, 4) is 0 Å². The third kappa shape index (κ3) is 2.42. The summed E-state index contributed by atoms with van der Waals surface area (Å²) in [6.45, 7) is 0. The molecule has 0 bridgehead atoms. The second kappa shape index (κ2) is 5.60. The Labute approximate surface area is 158 Å². The maximum absolute atomic E-state index is 6.42. The topological polar surface area (TPSA) is 38.9 Å². The summed E-state index contributed by atoms with van der Waals surface area (Å²) in [6, 6.07) is 11.3. The molecule has 0 saturated heterocycles. The van der Waals surface area contributed by atoms with Crippen LogP contribution in [0.3, 0.4) is 0 Å². The Morgan fingerprint density at radius 3 is 2.52 bits per heavy atom. The van der Waals surface area contributed by atoms with Crippen molar-refractivity contribution in [3.05, 3.63) is 68.4 Å². The summed E-state index contributed by atoms with van der Waals surface area (Å²) >= 11 is 18.6. The number of fused-ring (bicyclic) bond motifs is 2. The van der Waals surface area contributed by atoms with Crippen LogP contribution >= 0.6 is 34.8 Å². The van der Waals surface area contributed by atoms with Gasteiger partial charge in [-0.2, -0.15) is 0 Å². The lowest BCUT2D eigenvalue weighted by molar-refractivity contribution is 0.444. The molecule has 0 saturated carbocycles. The third-order valence-electron chi connectivity index (χ3n) is 4.79. The number of benzene rings is 2. The van der Waals surface area contributed by atoms with E-state index in [0.29, 0.717) is 15.1 Å². The number of pyridine rings is 1. The predicted octanol–water partition coefficient (Wildman–Crippen LogP) is 6.22. The van der Waals surface area contributed by atoms with E-state index in [0.717, 1.165) is 51.7 Å². The predicted molar refractivity (Wildman–Crippen MR) is 101 cm³/mol. The highest BCUT2D eigenvalue weighted by Gasteiger charge is 2.29. The van der Waals surface area contributed by atoms with Gasteiger partial charge >= 0.3 is 0 Å². The summed E-state index contributed by atoms with van der Waals surface area (Å²) in [4.78, 5) is 4.84. The summed E-state index contributed by atoms with van der Waals surface area (Å²) in [5.41, 5.74) is 4.56. The van der Waals surface area contributed by atoms with Crippen molar-refractivity contribution in [3.63, 3.8) is 0 Å². The molecule has 2 aromatic heterocycles. The number of rotatable bonds is 1. The zero-order valence-corrected chi connectivity index (χ0v) is 15.2. The Kier molecular flexibility index (Phi) is 3.46. The Balaban J connectivity index is 1.69. The molecule has 25 heavy (non-hydrogen) atoms. The highest BCUT2D eigenvalue weighted by molar-refractivity contribution is 6.35. The van der Waals surface area contributed by atoms with Crippen LogP contribution in [0.5, 0.6) is 0 Å². The molecule has 3 nitrogen and oxygen atoms in total. The lowest BCUT2D eigenvalue weighted by atomic mass is 9.84. The number of hydrogen-bond donors (Lipinski definition) is 0. The molecule has 0 fully saturated rings. The number of halogens is 3. The molecule has 124 valence electrons. The molecule has 0 spiro atoms. The molecular formula is C19H11Cl3N2O. The molecule has 0 aliphatic heterocycles. The zero-order chi connectivity index (χ0) is 17.1. The molecule has 1 atom stereocenters. The minimum absolute atomic E-state index is 0.190. The van der Waals surface area contributed by atoms with Crippen molar-refractivity contribution < 1.29 is 4.52 Å². The minimum Gasteiger partial charge on any atom is -0.355 e. The third-order valence-corrected chi connectivity index (χ3v) is 5.59. The highest BCUT2D eigenvalue weighted by Crippen LogP contribution is 2.40. The van der Waals surface area contributed by atoms with Crippen molar-refractivity contribution in [2.45, 2.75) is 18.8 Å². The maximum atomic E-state index is 6.42. The quantitative estimate of drug-likeness (QED) is 0.388. The van der Waals surface area contributed by atoms with Crippen LogP contribution in [0.1, 0.15) is 22.9 Å². The monoisotopic (exact) mass is 388 g/mol. The molecule has 4 aromatic rings. The first kappa shape index (κ1) is 15.4. The lowest BCUT2D eigenvalue weighted by Gasteiger charge is -2.22. The Hall–Kier alpha value is -1.81. The molecular weight excluding hydrogens is 379 g/mol. The van der Waals surface area contributed by atoms with Crippen molar-refractivity contribution in [1.82, 2.24) is 10.1 Å². The second-order valence-electron chi connectivity index (χ2n) is 6.32. The summed E-state index contributed by atoms with van der Waals surface area (Å²) < 4.78 is 5.66. The van der Waals surface area contributed by atoms with Gasteiger partial charge in [0.1, 0.15) is 0 Å². The van der Waals surface area contributed by atoms with Gasteiger partial charge in [0.15, 0.2) is 5.58 Å². The van der Waals surface area contributed by atoms with E-state index in [-0.39, 0.29) is 5.92 Å². The van der Waals surface area contributed by atoms with Crippen molar-refractivity contribution >= 4 is 56.7 Å². The van der Waals surface area contributed by atoms with Crippen LogP contribution in [-0.2, 0) is 12.8 Å². The van der Waals surface area contributed by atoms with Crippen LogP contribution in [-0.4, -0.2) is 10.1 Å². The number of nitrogens with zero attached hydrogens (tertiary/aromatic N) is 2. The molecule has 0 radical (unpaired) electrons. The van der Waals surface area contributed by atoms with E-state index >= 15 is 0 Å². The largest absolute Gasteiger partial charge is 0.355 e. The van der Waals surface area contributed by atoms with Crippen LogP contribution in [0.2, 0.25) is 15.1 Å².